The van der Waals surface area contributed by atoms with Gasteiger partial charge in [-0.15, -0.1) is 0 Å². The number of hydrogen-bond acceptors (Lipinski definition) is 3. The SMILES string of the molecule is CC1(C)CC(=O)CC(=Nc2ccccc2C(=O)O)C1. The van der Waals surface area contributed by atoms with Crippen LogP contribution in [0.4, 0.5) is 5.69 Å². The summed E-state index contributed by atoms with van der Waals surface area (Å²) < 4.78 is 0. The highest BCUT2D eigenvalue weighted by Crippen LogP contribution is 2.33. The fourth-order valence-electron chi connectivity index (χ4n) is 2.50. The van der Waals surface area contributed by atoms with Gasteiger partial charge in [0.15, 0.2) is 0 Å². The third-order valence-corrected chi connectivity index (χ3v) is 3.17. The molecule has 0 aliphatic heterocycles. The molecule has 0 saturated heterocycles. The first-order valence-corrected chi connectivity index (χ1v) is 6.28. The molecule has 1 aliphatic carbocycles. The third-order valence-electron chi connectivity index (χ3n) is 3.17. The molecule has 0 amide bonds. The van der Waals surface area contributed by atoms with E-state index in [4.69, 9.17) is 5.11 Å². The monoisotopic (exact) mass is 259 g/mol. The van der Waals surface area contributed by atoms with Gasteiger partial charge >= 0.3 is 5.97 Å². The van der Waals surface area contributed by atoms with E-state index in [9.17, 15) is 9.59 Å². The summed E-state index contributed by atoms with van der Waals surface area (Å²) in [4.78, 5) is 27.2. The standard InChI is InChI=1S/C15H17NO3/c1-15(2)8-10(7-11(17)9-15)16-13-6-4-3-5-12(13)14(18)19/h3-6H,7-9H2,1-2H3,(H,18,19). The lowest BCUT2D eigenvalue weighted by molar-refractivity contribution is -0.120. The predicted molar refractivity (Wildman–Crippen MR) is 73.1 cm³/mol. The number of carbonyl (C=O) groups excluding carboxylic acids is 1. The maximum absolute atomic E-state index is 11.7. The molecule has 2 rings (SSSR count). The van der Waals surface area contributed by atoms with Crippen LogP contribution >= 0.6 is 0 Å². The maximum Gasteiger partial charge on any atom is 0.337 e. The largest absolute Gasteiger partial charge is 0.478 e. The molecule has 1 aromatic carbocycles. The Morgan fingerprint density at radius 3 is 2.58 bits per heavy atom. The second kappa shape index (κ2) is 4.96. The van der Waals surface area contributed by atoms with Gasteiger partial charge in [-0.1, -0.05) is 26.0 Å². The quantitative estimate of drug-likeness (QED) is 0.886. The number of Topliss-reactive ketones (excluding diaryl/α,β-unsaturated/α-hetero) is 1. The molecule has 0 bridgehead atoms. The van der Waals surface area contributed by atoms with Crippen LogP contribution in [0.1, 0.15) is 43.5 Å². The average Bonchev–Trinajstić information content (AvgIpc) is 2.26. The second-order valence-corrected chi connectivity index (χ2v) is 5.73. The van der Waals surface area contributed by atoms with Crippen molar-refractivity contribution in [3.8, 4) is 0 Å². The van der Waals surface area contributed by atoms with Gasteiger partial charge in [0.1, 0.15) is 5.78 Å². The minimum absolute atomic E-state index is 0.0909. The fourth-order valence-corrected chi connectivity index (χ4v) is 2.50. The zero-order chi connectivity index (χ0) is 14.0. The molecule has 4 nitrogen and oxygen atoms in total. The molecule has 0 radical (unpaired) electrons. The highest BCUT2D eigenvalue weighted by molar-refractivity contribution is 6.06. The number of aromatic carboxylic acids is 1. The number of hydrogen-bond donors (Lipinski definition) is 1. The van der Waals surface area contributed by atoms with Gasteiger partial charge in [0.05, 0.1) is 11.3 Å². The number of benzene rings is 1. The van der Waals surface area contributed by atoms with Crippen molar-refractivity contribution in [2.75, 3.05) is 0 Å². The van der Waals surface area contributed by atoms with Crippen LogP contribution in [0.15, 0.2) is 29.3 Å². The number of aliphatic imine (C=N–C) groups is 1. The Balaban J connectivity index is 2.36. The summed E-state index contributed by atoms with van der Waals surface area (Å²) in [6.45, 7) is 4.06. The summed E-state index contributed by atoms with van der Waals surface area (Å²) in [6.07, 6.45) is 1.62. The smallest absolute Gasteiger partial charge is 0.337 e. The van der Waals surface area contributed by atoms with Crippen molar-refractivity contribution in [3.63, 3.8) is 0 Å². The molecular formula is C15H17NO3. The predicted octanol–water partition coefficient (Wildman–Crippen LogP) is 3.24. The topological polar surface area (TPSA) is 66.7 Å². The molecule has 1 saturated carbocycles. The summed E-state index contributed by atoms with van der Waals surface area (Å²) in [7, 11) is 0. The number of carboxylic acids is 1. The molecule has 0 heterocycles. The van der Waals surface area contributed by atoms with Crippen molar-refractivity contribution in [2.24, 2.45) is 10.4 Å². The molecule has 19 heavy (non-hydrogen) atoms. The summed E-state index contributed by atoms with van der Waals surface area (Å²) in [5, 5.41) is 9.11. The van der Waals surface area contributed by atoms with Gasteiger partial charge in [-0.25, -0.2) is 4.79 Å². The summed E-state index contributed by atoms with van der Waals surface area (Å²) in [6, 6.07) is 6.62. The van der Waals surface area contributed by atoms with E-state index in [1.165, 1.54) is 6.07 Å². The van der Waals surface area contributed by atoms with Gasteiger partial charge in [0.2, 0.25) is 0 Å². The van der Waals surface area contributed by atoms with E-state index in [1.54, 1.807) is 18.2 Å². The van der Waals surface area contributed by atoms with Crippen molar-refractivity contribution >= 4 is 23.2 Å². The molecule has 0 aromatic heterocycles. The highest BCUT2D eigenvalue weighted by Gasteiger charge is 2.30. The molecule has 0 atom stereocenters. The average molecular weight is 259 g/mol. The number of para-hydroxylation sites is 1. The summed E-state index contributed by atoms with van der Waals surface area (Å²) >= 11 is 0. The van der Waals surface area contributed by atoms with Crippen LogP contribution in [-0.2, 0) is 4.79 Å². The first kappa shape index (κ1) is 13.5. The molecule has 1 fully saturated rings. The Bertz CT molecular complexity index is 558. The number of ketones is 1. The van der Waals surface area contributed by atoms with Crippen molar-refractivity contribution in [1.82, 2.24) is 0 Å². The van der Waals surface area contributed by atoms with Crippen LogP contribution in [0, 0.1) is 5.41 Å². The lowest BCUT2D eigenvalue weighted by Gasteiger charge is -2.29. The zero-order valence-electron chi connectivity index (χ0n) is 11.1. The van der Waals surface area contributed by atoms with Gasteiger partial charge < -0.3 is 5.11 Å². The molecule has 1 N–H and O–H groups in total. The first-order chi connectivity index (χ1) is 8.87. The number of nitrogens with zero attached hydrogens (tertiary/aromatic N) is 1. The number of rotatable bonds is 2. The van der Waals surface area contributed by atoms with Crippen LogP contribution in [-0.4, -0.2) is 22.6 Å². The number of carboxylic acid groups (broad SMARTS) is 1. The minimum atomic E-state index is -0.999. The van der Waals surface area contributed by atoms with E-state index in [2.05, 4.69) is 4.99 Å². The van der Waals surface area contributed by atoms with Gasteiger partial charge in [-0.05, 0) is 24.0 Å². The second-order valence-electron chi connectivity index (χ2n) is 5.73. The molecule has 1 aromatic rings. The molecule has 0 unspecified atom stereocenters. The Morgan fingerprint density at radius 1 is 1.26 bits per heavy atom. The minimum Gasteiger partial charge on any atom is -0.478 e. The van der Waals surface area contributed by atoms with Crippen LogP contribution in [0.2, 0.25) is 0 Å². The molecule has 100 valence electrons. The van der Waals surface area contributed by atoms with Crippen molar-refractivity contribution in [3.05, 3.63) is 29.8 Å². The Labute approximate surface area is 112 Å². The van der Waals surface area contributed by atoms with Gasteiger partial charge in [0, 0.05) is 18.6 Å². The molecule has 1 aliphatic rings. The molecule has 4 heteroatoms. The van der Waals surface area contributed by atoms with Gasteiger partial charge in [-0.2, -0.15) is 0 Å². The Kier molecular flexibility index (Phi) is 3.51. The number of carbonyl (C=O) groups is 2. The van der Waals surface area contributed by atoms with E-state index in [-0.39, 0.29) is 16.8 Å². The fraction of sp³-hybridized carbons (Fsp3) is 0.400. The third kappa shape index (κ3) is 3.28. The van der Waals surface area contributed by atoms with Gasteiger partial charge in [-0.3, -0.25) is 9.79 Å². The van der Waals surface area contributed by atoms with Crippen LogP contribution < -0.4 is 0 Å². The normalized spacial score (nSPS) is 20.5. The lowest BCUT2D eigenvalue weighted by Crippen LogP contribution is -2.28. The van der Waals surface area contributed by atoms with Crippen molar-refractivity contribution in [2.45, 2.75) is 33.1 Å². The maximum atomic E-state index is 11.7. The van der Waals surface area contributed by atoms with Gasteiger partial charge in [0.25, 0.3) is 0 Å². The van der Waals surface area contributed by atoms with E-state index in [1.807, 2.05) is 13.8 Å². The van der Waals surface area contributed by atoms with Crippen molar-refractivity contribution in [1.29, 1.82) is 0 Å². The molecular weight excluding hydrogens is 242 g/mol. The van der Waals surface area contributed by atoms with E-state index in [0.29, 0.717) is 18.5 Å². The van der Waals surface area contributed by atoms with Crippen LogP contribution in [0.5, 0.6) is 0 Å². The van der Waals surface area contributed by atoms with E-state index >= 15 is 0 Å². The Morgan fingerprint density at radius 2 is 1.95 bits per heavy atom. The van der Waals surface area contributed by atoms with Crippen LogP contribution in [0.3, 0.4) is 0 Å². The van der Waals surface area contributed by atoms with E-state index < -0.39 is 5.97 Å². The lowest BCUT2D eigenvalue weighted by atomic mass is 9.76. The highest BCUT2D eigenvalue weighted by atomic mass is 16.4. The van der Waals surface area contributed by atoms with Crippen molar-refractivity contribution < 1.29 is 14.7 Å². The zero-order valence-corrected chi connectivity index (χ0v) is 11.1. The summed E-state index contributed by atoms with van der Waals surface area (Å²) in [5.41, 5.74) is 1.28. The van der Waals surface area contributed by atoms with Crippen LogP contribution in [0.25, 0.3) is 0 Å². The molecule has 0 spiro atoms. The summed E-state index contributed by atoms with van der Waals surface area (Å²) in [5.74, 6) is -0.829. The van der Waals surface area contributed by atoms with E-state index in [0.717, 1.165) is 12.1 Å². The Hall–Kier alpha value is -1.97. The first-order valence-electron chi connectivity index (χ1n) is 6.28.